The first kappa shape index (κ1) is 32.5. The van der Waals surface area contributed by atoms with Crippen molar-refractivity contribution in [2.45, 2.75) is 129 Å². The molecule has 1 N–H and O–H groups in total. The average Bonchev–Trinajstić information content (AvgIpc) is 3.46. The zero-order chi connectivity index (χ0) is 27.5. The smallest absolute Gasteiger partial charge is 0.277 e. The number of nitrogens with zero attached hydrogens (tertiary/aromatic N) is 5. The first-order valence-corrected chi connectivity index (χ1v) is 15.8. The van der Waals surface area contributed by atoms with E-state index in [1.54, 1.807) is 0 Å². The minimum atomic E-state index is -0.848. The molecule has 1 unspecified atom stereocenters. The average molecular weight is 615 g/mol. The summed E-state index contributed by atoms with van der Waals surface area (Å²) < 4.78 is 4.44. The summed E-state index contributed by atoms with van der Waals surface area (Å²) >= 11 is 0. The Kier molecular flexibility index (Phi) is 13.4. The molecule has 1 aromatic heterocycles. The number of halogens is 1. The van der Waals surface area contributed by atoms with Crippen LogP contribution in [0.2, 0.25) is 0 Å². The van der Waals surface area contributed by atoms with Crippen LogP contribution in [0, 0.1) is 0 Å². The lowest BCUT2D eigenvalue weighted by Gasteiger charge is -2.34. The van der Waals surface area contributed by atoms with Crippen molar-refractivity contribution in [3.63, 3.8) is 0 Å². The van der Waals surface area contributed by atoms with Gasteiger partial charge in [-0.1, -0.05) is 113 Å². The molecule has 0 amide bonds. The van der Waals surface area contributed by atoms with Crippen molar-refractivity contribution in [1.29, 1.82) is 0 Å². The highest BCUT2D eigenvalue weighted by Gasteiger charge is 2.53. The fraction of sp³-hybridized carbons (Fsp3) is 0.667. The zero-order valence-electron chi connectivity index (χ0n) is 25.3. The fourth-order valence-electron chi connectivity index (χ4n) is 6.45. The van der Waals surface area contributed by atoms with Crippen LogP contribution in [0.4, 0.5) is 0 Å². The quantitative estimate of drug-likeness (QED) is 0.216. The zero-order valence-corrected chi connectivity index (χ0v) is 26.8. The third-order valence-electron chi connectivity index (χ3n) is 8.91. The Morgan fingerprint density at radius 3 is 2.17 bits per heavy atom. The molecule has 0 spiro atoms. The summed E-state index contributed by atoms with van der Waals surface area (Å²) in [6, 6.07) is 10.4. The number of fused-ring (bicyclic) bond motifs is 1. The predicted octanol–water partition coefficient (Wildman–Crippen LogP) is 4.08. The Morgan fingerprint density at radius 1 is 0.900 bits per heavy atom. The third kappa shape index (κ3) is 8.28. The summed E-state index contributed by atoms with van der Waals surface area (Å²) in [7, 11) is 0. The van der Waals surface area contributed by atoms with Crippen LogP contribution in [0.5, 0.6) is 0 Å². The fourth-order valence-corrected chi connectivity index (χ4v) is 6.45. The van der Waals surface area contributed by atoms with Gasteiger partial charge >= 0.3 is 0 Å². The summed E-state index contributed by atoms with van der Waals surface area (Å²) in [5.74, 6) is 1.20. The van der Waals surface area contributed by atoms with Crippen molar-refractivity contribution < 1.29 is 26.7 Å². The summed E-state index contributed by atoms with van der Waals surface area (Å²) in [6.45, 7) is 9.99. The van der Waals surface area contributed by atoms with E-state index in [4.69, 9.17) is 0 Å². The Hall–Kier alpha value is -1.99. The molecule has 0 saturated heterocycles. The second-order valence-electron chi connectivity index (χ2n) is 11.8. The lowest BCUT2D eigenvalue weighted by molar-refractivity contribution is -0.555. The number of hydrogen-bond acceptors (Lipinski definition) is 4. The Bertz CT molecular complexity index is 1100. The van der Waals surface area contributed by atoms with Crippen LogP contribution < -0.4 is 17.0 Å². The van der Waals surface area contributed by atoms with Crippen LogP contribution in [-0.4, -0.2) is 54.2 Å². The van der Waals surface area contributed by atoms with Crippen LogP contribution in [0.15, 0.2) is 47.7 Å². The summed E-state index contributed by atoms with van der Waals surface area (Å²) in [5, 5.41) is 20.6. The van der Waals surface area contributed by atoms with E-state index in [9.17, 15) is 5.11 Å². The Labute approximate surface area is 253 Å². The maximum atomic E-state index is 12.0. The topological polar surface area (TPSA) is 57.2 Å². The van der Waals surface area contributed by atoms with Crippen LogP contribution in [0.25, 0.3) is 0 Å². The van der Waals surface area contributed by atoms with Crippen molar-refractivity contribution in [1.82, 2.24) is 19.9 Å². The molecule has 7 heteroatoms. The van der Waals surface area contributed by atoms with Crippen molar-refractivity contribution >= 4 is 5.84 Å². The molecule has 2 aliphatic rings. The molecule has 3 heterocycles. The number of rotatable bonds is 17. The van der Waals surface area contributed by atoms with Crippen molar-refractivity contribution in [2.24, 2.45) is 0 Å². The third-order valence-corrected chi connectivity index (χ3v) is 8.91. The number of aromatic nitrogens is 3. The van der Waals surface area contributed by atoms with Gasteiger partial charge in [0.15, 0.2) is 0 Å². The van der Waals surface area contributed by atoms with Gasteiger partial charge in [-0.25, -0.2) is 9.58 Å². The van der Waals surface area contributed by atoms with Gasteiger partial charge in [0.2, 0.25) is 5.72 Å². The molecular weight excluding hydrogens is 562 g/mol. The van der Waals surface area contributed by atoms with E-state index >= 15 is 0 Å². The van der Waals surface area contributed by atoms with Gasteiger partial charge in [-0.15, -0.1) is 5.10 Å². The summed E-state index contributed by atoms with van der Waals surface area (Å²) in [6.07, 6.45) is 19.8. The molecule has 0 fully saturated rings. The molecule has 2 aliphatic heterocycles. The van der Waals surface area contributed by atoms with E-state index in [1.807, 2.05) is 16.9 Å². The normalized spacial score (nSPS) is 18.9. The number of benzene rings is 1. The summed E-state index contributed by atoms with van der Waals surface area (Å²) in [4.78, 5) is 2.30. The minimum absolute atomic E-state index is 0. The number of amidine groups is 1. The van der Waals surface area contributed by atoms with Crippen molar-refractivity contribution in [3.05, 3.63) is 58.9 Å². The van der Waals surface area contributed by atoms with Crippen LogP contribution in [0.1, 0.15) is 122 Å². The van der Waals surface area contributed by atoms with Crippen LogP contribution in [-0.2, 0) is 13.1 Å². The van der Waals surface area contributed by atoms with Gasteiger partial charge in [-0.3, -0.25) is 4.58 Å². The minimum Gasteiger partial charge on any atom is -1.00 e. The van der Waals surface area contributed by atoms with Crippen LogP contribution >= 0.6 is 0 Å². The van der Waals surface area contributed by atoms with E-state index < -0.39 is 5.72 Å². The van der Waals surface area contributed by atoms with Gasteiger partial charge in [0.05, 0.1) is 25.8 Å². The molecule has 40 heavy (non-hydrogen) atoms. The molecule has 0 saturated carbocycles. The number of hydrogen-bond donors (Lipinski definition) is 1. The largest absolute Gasteiger partial charge is 1.00 e. The lowest BCUT2D eigenvalue weighted by atomic mass is 9.96. The first-order valence-electron chi connectivity index (χ1n) is 15.8. The molecule has 0 radical (unpaired) electrons. The van der Waals surface area contributed by atoms with Crippen LogP contribution in [0.3, 0.4) is 0 Å². The molecule has 6 nitrogen and oxygen atoms in total. The molecular formula is C33H52BrN5O. The van der Waals surface area contributed by atoms with Crippen molar-refractivity contribution in [3.8, 4) is 0 Å². The highest BCUT2D eigenvalue weighted by molar-refractivity contribution is 5.98. The predicted molar refractivity (Wildman–Crippen MR) is 160 cm³/mol. The molecule has 0 aliphatic carbocycles. The lowest BCUT2D eigenvalue weighted by Crippen LogP contribution is -3.00. The van der Waals surface area contributed by atoms with Gasteiger partial charge in [0, 0.05) is 24.0 Å². The highest BCUT2D eigenvalue weighted by atomic mass is 79.9. The molecule has 222 valence electrons. The molecule has 2 aromatic rings. The van der Waals surface area contributed by atoms with E-state index in [-0.39, 0.29) is 17.0 Å². The van der Waals surface area contributed by atoms with Gasteiger partial charge in [-0.2, -0.15) is 0 Å². The van der Waals surface area contributed by atoms with Gasteiger partial charge in [0.1, 0.15) is 12.2 Å². The molecule has 1 aromatic carbocycles. The van der Waals surface area contributed by atoms with E-state index in [1.165, 1.54) is 87.6 Å². The Morgan fingerprint density at radius 2 is 1.52 bits per heavy atom. The van der Waals surface area contributed by atoms with E-state index in [0.717, 1.165) is 56.7 Å². The highest BCUT2D eigenvalue weighted by Crippen LogP contribution is 2.39. The van der Waals surface area contributed by atoms with E-state index in [2.05, 4.69) is 64.8 Å². The second kappa shape index (κ2) is 16.5. The van der Waals surface area contributed by atoms with Gasteiger partial charge < -0.3 is 22.1 Å². The van der Waals surface area contributed by atoms with Crippen molar-refractivity contribution in [2.75, 3.05) is 13.1 Å². The molecule has 4 rings (SSSR count). The maximum absolute atomic E-state index is 12.0. The van der Waals surface area contributed by atoms with Gasteiger partial charge in [0.25, 0.3) is 5.84 Å². The molecule has 1 atom stereocenters. The number of aliphatic hydroxyl groups is 1. The number of unbranched alkanes of at least 4 members (excludes halogenated alkanes) is 11. The molecule has 0 bridgehead atoms. The second-order valence-corrected chi connectivity index (χ2v) is 11.8. The van der Waals surface area contributed by atoms with E-state index in [0.29, 0.717) is 0 Å². The SMILES string of the molecule is CCCCCCCCCCCCCCC1(O)C(C)=C(C)C2=[N+](Cc3cnnn3Cc3ccccc3)CCCN21.[Br-]. The Balaban J connectivity index is 0.00000441. The maximum Gasteiger partial charge on any atom is 0.277 e. The summed E-state index contributed by atoms with van der Waals surface area (Å²) in [5.41, 5.74) is 3.84. The monoisotopic (exact) mass is 613 g/mol. The standard InChI is InChI=1S/C33H52N5O.BrH/c1-4-5-6-7-8-9-10-11-12-13-14-18-22-33(39)29(3)28(2)32-36(23-19-24-37(32)33)27-31-25-34-35-38(31)26-30-20-16-15-17-21-30;/h15-17,20-21,25,39H,4-14,18-19,22-24,26-27H2,1-3H3;1H/q+1;/p-1. The van der Waals surface area contributed by atoms with Gasteiger partial charge in [-0.05, 0) is 25.8 Å². The first-order chi connectivity index (χ1) is 19.0.